The maximum absolute atomic E-state index is 13.2. The predicted octanol–water partition coefficient (Wildman–Crippen LogP) is 7.69. The quantitative estimate of drug-likeness (QED) is 0.249. The van der Waals surface area contributed by atoms with E-state index in [1.54, 1.807) is 6.20 Å². The number of likely N-dealkylation sites (tertiary alicyclic amines) is 2. The van der Waals surface area contributed by atoms with Crippen LogP contribution in [0, 0.1) is 23.7 Å². The predicted molar refractivity (Wildman–Crippen MR) is 199 cm³/mol. The average Bonchev–Trinajstić information content (AvgIpc) is 3.91. The molecule has 2 aliphatic carbocycles. The maximum Gasteiger partial charge on any atom is 0.223 e. The summed E-state index contributed by atoms with van der Waals surface area (Å²) in [6.45, 7) is 1.65. The van der Waals surface area contributed by atoms with Gasteiger partial charge in [-0.1, -0.05) is 56.6 Å². The first-order chi connectivity index (χ1) is 22.6. The van der Waals surface area contributed by atoms with Gasteiger partial charge in [0.25, 0.3) is 0 Å². The van der Waals surface area contributed by atoms with Crippen molar-refractivity contribution >= 4 is 38.8 Å². The molecule has 8 nitrogen and oxygen atoms in total. The number of benzene rings is 1. The van der Waals surface area contributed by atoms with Gasteiger partial charge in [-0.25, -0.2) is 9.97 Å². The lowest BCUT2D eigenvalue weighted by molar-refractivity contribution is -0.134. The SMILES string of the molecule is O=C(CC1CCCCC1)N1CCC[C@H]1c1ncc(C#Cc2ccc(-c3cnc([C@@H]4CCCN4C(=O)CC4CCCCC4)[nH]3)cc2)[nH]1.S.S. The molecule has 48 heavy (non-hydrogen) atoms. The second kappa shape index (κ2) is 17.0. The largest absolute Gasteiger partial charge is 0.340 e. The zero-order valence-corrected chi connectivity index (χ0v) is 30.1. The summed E-state index contributed by atoms with van der Waals surface area (Å²) in [5.41, 5.74) is 3.69. The molecular weight excluding hydrogens is 637 g/mol. The minimum absolute atomic E-state index is 0. The fourth-order valence-electron chi connectivity index (χ4n) is 8.30. The van der Waals surface area contributed by atoms with Crippen molar-refractivity contribution in [3.8, 4) is 23.1 Å². The molecule has 0 unspecified atom stereocenters. The number of aromatic nitrogens is 4. The molecule has 258 valence electrons. The van der Waals surface area contributed by atoms with Crippen molar-refractivity contribution in [1.82, 2.24) is 29.7 Å². The van der Waals surface area contributed by atoms with Crippen molar-refractivity contribution in [2.45, 2.75) is 115 Å². The van der Waals surface area contributed by atoms with Crippen LogP contribution in [0.1, 0.15) is 138 Å². The maximum atomic E-state index is 13.2. The van der Waals surface area contributed by atoms with Crippen molar-refractivity contribution in [3.63, 3.8) is 0 Å². The molecule has 2 amide bonds. The Bertz CT molecular complexity index is 1560. The van der Waals surface area contributed by atoms with Gasteiger partial charge in [-0.3, -0.25) is 9.59 Å². The molecule has 2 aliphatic heterocycles. The van der Waals surface area contributed by atoms with Crippen LogP contribution in [-0.4, -0.2) is 54.6 Å². The van der Waals surface area contributed by atoms with Crippen molar-refractivity contribution in [3.05, 3.63) is 59.6 Å². The van der Waals surface area contributed by atoms with Gasteiger partial charge in [-0.15, -0.1) is 0 Å². The van der Waals surface area contributed by atoms with Crippen LogP contribution in [0.2, 0.25) is 0 Å². The van der Waals surface area contributed by atoms with E-state index >= 15 is 0 Å². The third-order valence-corrected chi connectivity index (χ3v) is 10.9. The number of H-pyrrole nitrogens is 2. The number of aromatic amines is 2. The molecule has 0 spiro atoms. The van der Waals surface area contributed by atoms with Gasteiger partial charge < -0.3 is 19.8 Å². The summed E-state index contributed by atoms with van der Waals surface area (Å²) >= 11 is 0. The minimum atomic E-state index is 0. The number of nitrogens with one attached hydrogen (secondary N) is 2. The number of hydrogen-bond acceptors (Lipinski definition) is 4. The molecule has 4 aliphatic rings. The Balaban J connectivity index is 0.00000225. The van der Waals surface area contributed by atoms with Crippen LogP contribution in [0.15, 0.2) is 36.7 Å². The Hall–Kier alpha value is -3.16. The van der Waals surface area contributed by atoms with E-state index < -0.39 is 0 Å². The van der Waals surface area contributed by atoms with Gasteiger partial charge in [0.1, 0.15) is 17.3 Å². The van der Waals surface area contributed by atoms with E-state index in [9.17, 15) is 9.59 Å². The van der Waals surface area contributed by atoms with Gasteiger partial charge in [0.15, 0.2) is 0 Å². The molecule has 3 aromatic rings. The van der Waals surface area contributed by atoms with Crippen LogP contribution in [-0.2, 0) is 9.59 Å². The first-order valence-corrected chi connectivity index (χ1v) is 17.9. The summed E-state index contributed by atoms with van der Waals surface area (Å²) in [5, 5.41) is 0. The van der Waals surface area contributed by atoms with E-state index in [-0.39, 0.29) is 45.0 Å². The summed E-state index contributed by atoms with van der Waals surface area (Å²) < 4.78 is 0. The Kier molecular flexibility index (Phi) is 12.8. The van der Waals surface area contributed by atoms with Gasteiger partial charge in [0, 0.05) is 31.5 Å². The highest BCUT2D eigenvalue weighted by Crippen LogP contribution is 2.35. The van der Waals surface area contributed by atoms with Gasteiger partial charge >= 0.3 is 0 Å². The molecule has 2 atom stereocenters. The molecular formula is C38H52N6O2S2. The number of nitrogens with zero attached hydrogens (tertiary/aromatic N) is 4. The zero-order chi connectivity index (χ0) is 31.3. The molecule has 0 radical (unpaired) electrons. The summed E-state index contributed by atoms with van der Waals surface area (Å²) in [7, 11) is 0. The van der Waals surface area contributed by atoms with E-state index in [0.29, 0.717) is 30.6 Å². The number of carbonyl (C=O) groups excluding carboxylic acids is 2. The highest BCUT2D eigenvalue weighted by atomic mass is 32.1. The molecule has 2 N–H and O–H groups in total. The van der Waals surface area contributed by atoms with Gasteiger partial charge in [0.2, 0.25) is 11.8 Å². The summed E-state index contributed by atoms with van der Waals surface area (Å²) in [4.78, 5) is 46.7. The van der Waals surface area contributed by atoms with Crippen molar-refractivity contribution in [2.24, 2.45) is 11.8 Å². The second-order valence-electron chi connectivity index (χ2n) is 14.1. The fraction of sp³-hybridized carbons (Fsp3) is 0.579. The molecule has 2 saturated carbocycles. The molecule has 4 fully saturated rings. The monoisotopic (exact) mass is 688 g/mol. The summed E-state index contributed by atoms with van der Waals surface area (Å²) in [6.07, 6.45) is 21.4. The van der Waals surface area contributed by atoms with E-state index in [1.165, 1.54) is 64.2 Å². The van der Waals surface area contributed by atoms with E-state index in [0.717, 1.165) is 72.9 Å². The smallest absolute Gasteiger partial charge is 0.223 e. The molecule has 0 bridgehead atoms. The molecule has 10 heteroatoms. The highest BCUT2D eigenvalue weighted by Gasteiger charge is 2.34. The first-order valence-electron chi connectivity index (χ1n) is 17.9. The molecule has 4 heterocycles. The summed E-state index contributed by atoms with van der Waals surface area (Å²) in [5.74, 6) is 9.91. The van der Waals surface area contributed by atoms with Crippen LogP contribution in [0.4, 0.5) is 0 Å². The molecule has 7 rings (SSSR count). The van der Waals surface area contributed by atoms with Crippen LogP contribution in [0.3, 0.4) is 0 Å². The zero-order valence-electron chi connectivity index (χ0n) is 28.1. The van der Waals surface area contributed by atoms with Crippen molar-refractivity contribution in [1.29, 1.82) is 0 Å². The average molecular weight is 689 g/mol. The summed E-state index contributed by atoms with van der Waals surface area (Å²) in [6, 6.07) is 8.25. The van der Waals surface area contributed by atoms with Gasteiger partial charge in [-0.05, 0) is 86.8 Å². The Morgan fingerprint density at radius 3 is 1.73 bits per heavy atom. The Labute approximate surface area is 299 Å². The third-order valence-electron chi connectivity index (χ3n) is 10.9. The Morgan fingerprint density at radius 2 is 1.17 bits per heavy atom. The normalized spacial score (nSPS) is 21.7. The van der Waals surface area contributed by atoms with Crippen LogP contribution in [0.25, 0.3) is 11.3 Å². The van der Waals surface area contributed by atoms with E-state index in [2.05, 4.69) is 43.8 Å². The minimum Gasteiger partial charge on any atom is -0.340 e. The number of amides is 2. The molecule has 1 aromatic carbocycles. The Morgan fingerprint density at radius 1 is 0.646 bits per heavy atom. The third kappa shape index (κ3) is 8.52. The van der Waals surface area contributed by atoms with Crippen molar-refractivity contribution < 1.29 is 9.59 Å². The number of hydrogen-bond donors (Lipinski definition) is 2. The second-order valence-corrected chi connectivity index (χ2v) is 14.1. The molecule has 2 saturated heterocycles. The van der Waals surface area contributed by atoms with Gasteiger partial charge in [-0.2, -0.15) is 27.0 Å². The number of imidazole rings is 2. The van der Waals surface area contributed by atoms with E-state index in [4.69, 9.17) is 4.98 Å². The lowest BCUT2D eigenvalue weighted by Crippen LogP contribution is -2.32. The van der Waals surface area contributed by atoms with Crippen LogP contribution < -0.4 is 0 Å². The molecule has 2 aromatic heterocycles. The first kappa shape index (κ1) is 36.1. The number of carbonyl (C=O) groups is 2. The topological polar surface area (TPSA) is 98.0 Å². The lowest BCUT2D eigenvalue weighted by Gasteiger charge is -2.27. The fourth-order valence-corrected chi connectivity index (χ4v) is 8.30. The van der Waals surface area contributed by atoms with Crippen LogP contribution in [0.5, 0.6) is 0 Å². The van der Waals surface area contributed by atoms with Gasteiger partial charge in [0.05, 0.1) is 30.2 Å². The van der Waals surface area contributed by atoms with E-state index in [1.807, 2.05) is 23.2 Å². The standard InChI is InChI=1S/C38H48N6O2.2H2S/c45-35(23-28-9-3-1-4-10-28)43-21-7-13-33(43)37-39-25-31(41-37)20-17-27-15-18-30(19-16-27)32-26-40-38(42-32)34-14-8-22-44(34)36(46)24-29-11-5-2-6-12-29;;/h15-16,18-19,25-26,28-29,33-34H,1-14,21-24H2,(H,39,41)(H,40,42);2*1H2/t33-,34-;;/m0../s1. The van der Waals surface area contributed by atoms with Crippen LogP contribution >= 0.6 is 27.0 Å². The lowest BCUT2D eigenvalue weighted by atomic mass is 9.86. The highest BCUT2D eigenvalue weighted by molar-refractivity contribution is 7.59. The number of rotatable bonds is 7. The van der Waals surface area contributed by atoms with Crippen molar-refractivity contribution in [2.75, 3.05) is 13.1 Å².